The molecule has 170 valence electrons. The van der Waals surface area contributed by atoms with Gasteiger partial charge in [0.1, 0.15) is 6.61 Å². The van der Waals surface area contributed by atoms with Crippen LogP contribution in [0.1, 0.15) is 29.3 Å². The number of piperidine rings is 1. The van der Waals surface area contributed by atoms with Gasteiger partial charge in [-0.25, -0.2) is 9.59 Å². The van der Waals surface area contributed by atoms with Crippen molar-refractivity contribution in [3.05, 3.63) is 59.7 Å². The van der Waals surface area contributed by atoms with Crippen LogP contribution in [0.4, 0.5) is 16.2 Å². The number of ether oxygens (including phenoxy) is 2. The van der Waals surface area contributed by atoms with Crippen molar-refractivity contribution < 1.29 is 29.0 Å². The van der Waals surface area contributed by atoms with Gasteiger partial charge in [0, 0.05) is 32.8 Å². The van der Waals surface area contributed by atoms with Crippen molar-refractivity contribution in [3.63, 3.8) is 0 Å². The van der Waals surface area contributed by atoms with E-state index in [1.54, 1.807) is 19.2 Å². The maximum atomic E-state index is 12.2. The molecule has 3 rings (SSSR count). The number of carboxylic acid groups (broad SMARTS) is 1. The molecule has 3 N–H and O–H groups in total. The molecular weight excluding hydrogens is 414 g/mol. The van der Waals surface area contributed by atoms with Crippen LogP contribution in [0.5, 0.6) is 0 Å². The average Bonchev–Trinajstić information content (AvgIpc) is 2.78. The molecule has 0 spiro atoms. The summed E-state index contributed by atoms with van der Waals surface area (Å²) in [4.78, 5) is 37.2. The molecule has 1 heterocycles. The van der Waals surface area contributed by atoms with E-state index in [9.17, 15) is 19.5 Å². The lowest BCUT2D eigenvalue weighted by Gasteiger charge is -2.39. The van der Waals surface area contributed by atoms with E-state index in [-0.39, 0.29) is 35.9 Å². The highest BCUT2D eigenvalue weighted by Crippen LogP contribution is 2.27. The molecule has 0 unspecified atom stereocenters. The number of carboxylic acids is 1. The first-order valence-electron chi connectivity index (χ1n) is 10.3. The van der Waals surface area contributed by atoms with E-state index in [2.05, 4.69) is 10.6 Å². The summed E-state index contributed by atoms with van der Waals surface area (Å²) in [6.07, 6.45) is -0.229. The Balaban J connectivity index is 1.62. The number of carbonyl (C=O) groups is 3. The highest BCUT2D eigenvalue weighted by atomic mass is 16.5. The number of amides is 2. The van der Waals surface area contributed by atoms with Crippen LogP contribution >= 0.6 is 0 Å². The van der Waals surface area contributed by atoms with E-state index in [1.165, 1.54) is 13.0 Å². The molecule has 2 atom stereocenters. The number of nitrogens with one attached hydrogen (secondary N) is 2. The maximum Gasteiger partial charge on any atom is 0.407 e. The van der Waals surface area contributed by atoms with Crippen molar-refractivity contribution in [2.45, 2.75) is 32.1 Å². The Bertz CT molecular complexity index is 965. The second kappa shape index (κ2) is 10.6. The average molecular weight is 441 g/mol. The number of nitrogens with zero attached hydrogens (tertiary/aromatic N) is 1. The molecule has 1 aliphatic heterocycles. The Labute approximate surface area is 186 Å². The molecule has 0 radical (unpaired) electrons. The number of aromatic carboxylic acids is 1. The van der Waals surface area contributed by atoms with Crippen LogP contribution < -0.4 is 15.5 Å². The van der Waals surface area contributed by atoms with Crippen LogP contribution in [0.3, 0.4) is 0 Å². The van der Waals surface area contributed by atoms with E-state index < -0.39 is 12.1 Å². The molecule has 9 nitrogen and oxygen atoms in total. The van der Waals surface area contributed by atoms with Gasteiger partial charge in [-0.3, -0.25) is 4.79 Å². The van der Waals surface area contributed by atoms with E-state index in [0.717, 1.165) is 5.56 Å². The second-order valence-electron chi connectivity index (χ2n) is 7.54. The van der Waals surface area contributed by atoms with Gasteiger partial charge < -0.3 is 30.1 Å². The minimum atomic E-state index is -1.13. The highest BCUT2D eigenvalue weighted by molar-refractivity contribution is 6.00. The van der Waals surface area contributed by atoms with Crippen LogP contribution in [-0.2, 0) is 20.9 Å². The van der Waals surface area contributed by atoms with E-state index in [4.69, 9.17) is 9.47 Å². The molecule has 32 heavy (non-hydrogen) atoms. The fourth-order valence-corrected chi connectivity index (χ4v) is 3.68. The third kappa shape index (κ3) is 5.98. The van der Waals surface area contributed by atoms with Crippen LogP contribution in [0, 0.1) is 0 Å². The summed E-state index contributed by atoms with van der Waals surface area (Å²) < 4.78 is 10.9. The summed E-state index contributed by atoms with van der Waals surface area (Å²) in [5.41, 5.74) is 1.85. The Hall–Kier alpha value is -3.59. The number of benzene rings is 2. The normalized spacial score (nSPS) is 18.0. The first kappa shape index (κ1) is 23.1. The van der Waals surface area contributed by atoms with Gasteiger partial charge in [-0.1, -0.05) is 30.3 Å². The first-order valence-corrected chi connectivity index (χ1v) is 10.3. The monoisotopic (exact) mass is 441 g/mol. The SMILES string of the molecule is CO[C@@H]1CN(c2ccc(NC(C)=O)c(C(=O)O)c2)CC[C@@H]1NC(=O)OCc1ccccc1. The molecule has 0 saturated carbocycles. The lowest BCUT2D eigenvalue weighted by atomic mass is 10.0. The number of anilines is 2. The van der Waals surface area contributed by atoms with Gasteiger partial charge >= 0.3 is 12.1 Å². The van der Waals surface area contributed by atoms with Crippen LogP contribution in [0.2, 0.25) is 0 Å². The van der Waals surface area contributed by atoms with Crippen molar-refractivity contribution in [2.75, 3.05) is 30.4 Å². The maximum absolute atomic E-state index is 12.2. The number of carbonyl (C=O) groups excluding carboxylic acids is 2. The minimum absolute atomic E-state index is 0.0106. The predicted octanol–water partition coefficient (Wildman–Crippen LogP) is 2.86. The summed E-state index contributed by atoms with van der Waals surface area (Å²) in [5.74, 6) is -1.47. The lowest BCUT2D eigenvalue weighted by Crippen LogP contribution is -2.55. The molecule has 9 heteroatoms. The third-order valence-electron chi connectivity index (χ3n) is 5.29. The highest BCUT2D eigenvalue weighted by Gasteiger charge is 2.31. The van der Waals surface area contributed by atoms with Crippen molar-refractivity contribution in [2.24, 2.45) is 0 Å². The van der Waals surface area contributed by atoms with Crippen molar-refractivity contribution in [3.8, 4) is 0 Å². The van der Waals surface area contributed by atoms with E-state index in [1.807, 2.05) is 35.2 Å². The molecule has 1 fully saturated rings. The molecular formula is C23H27N3O6. The molecule has 0 bridgehead atoms. The predicted molar refractivity (Wildman–Crippen MR) is 119 cm³/mol. The number of rotatable bonds is 7. The Morgan fingerprint density at radius 2 is 1.91 bits per heavy atom. The van der Waals surface area contributed by atoms with Gasteiger partial charge in [-0.2, -0.15) is 0 Å². The number of methoxy groups -OCH3 is 1. The Kier molecular flexibility index (Phi) is 7.67. The Morgan fingerprint density at radius 3 is 2.56 bits per heavy atom. The van der Waals surface area contributed by atoms with Crippen molar-refractivity contribution in [1.29, 1.82) is 0 Å². The standard InChI is InChI=1S/C23H27N3O6/c1-15(27)24-19-9-8-17(12-18(19)22(28)29)26-11-10-20(21(13-26)31-2)25-23(30)32-14-16-6-4-3-5-7-16/h3-9,12,20-21H,10-11,13-14H2,1-2H3,(H,24,27)(H,25,30)(H,28,29)/t20-,21+/m0/s1. The molecule has 2 aromatic rings. The van der Waals surface area contributed by atoms with E-state index >= 15 is 0 Å². The minimum Gasteiger partial charge on any atom is -0.478 e. The van der Waals surface area contributed by atoms with Crippen LogP contribution in [0.15, 0.2) is 48.5 Å². The molecule has 1 aliphatic rings. The summed E-state index contributed by atoms with van der Waals surface area (Å²) in [7, 11) is 1.57. The molecule has 2 aromatic carbocycles. The largest absolute Gasteiger partial charge is 0.478 e. The smallest absolute Gasteiger partial charge is 0.407 e. The zero-order chi connectivity index (χ0) is 23.1. The molecule has 2 amide bonds. The summed E-state index contributed by atoms with van der Waals surface area (Å²) in [6, 6.07) is 14.0. The quantitative estimate of drug-likeness (QED) is 0.605. The fourth-order valence-electron chi connectivity index (χ4n) is 3.68. The Morgan fingerprint density at radius 1 is 1.16 bits per heavy atom. The zero-order valence-electron chi connectivity index (χ0n) is 18.0. The third-order valence-corrected chi connectivity index (χ3v) is 5.29. The van der Waals surface area contributed by atoms with Crippen LogP contribution in [0.25, 0.3) is 0 Å². The van der Waals surface area contributed by atoms with Crippen LogP contribution in [-0.4, -0.2) is 55.4 Å². The molecule has 1 saturated heterocycles. The summed E-state index contributed by atoms with van der Waals surface area (Å²) in [5, 5.41) is 14.9. The van der Waals surface area contributed by atoms with E-state index in [0.29, 0.717) is 25.2 Å². The van der Waals surface area contributed by atoms with Gasteiger partial charge in [0.25, 0.3) is 0 Å². The number of alkyl carbamates (subject to hydrolysis) is 1. The summed E-state index contributed by atoms with van der Waals surface area (Å²) >= 11 is 0. The van der Waals surface area contributed by atoms with Crippen molar-refractivity contribution in [1.82, 2.24) is 5.32 Å². The topological polar surface area (TPSA) is 117 Å². The molecule has 0 aliphatic carbocycles. The van der Waals surface area contributed by atoms with Crippen molar-refractivity contribution >= 4 is 29.3 Å². The van der Waals surface area contributed by atoms with Gasteiger partial charge in [0.05, 0.1) is 23.4 Å². The van der Waals surface area contributed by atoms with Gasteiger partial charge in [0.2, 0.25) is 5.91 Å². The van der Waals surface area contributed by atoms with Gasteiger partial charge in [-0.05, 0) is 30.2 Å². The number of hydrogen-bond donors (Lipinski definition) is 3. The fraction of sp³-hybridized carbons (Fsp3) is 0.348. The number of hydrogen-bond acceptors (Lipinski definition) is 6. The lowest BCUT2D eigenvalue weighted by molar-refractivity contribution is -0.114. The first-order chi connectivity index (χ1) is 15.4. The zero-order valence-corrected chi connectivity index (χ0v) is 18.0. The molecule has 0 aromatic heterocycles. The van der Waals surface area contributed by atoms with Gasteiger partial charge in [0.15, 0.2) is 0 Å². The summed E-state index contributed by atoms with van der Waals surface area (Å²) in [6.45, 7) is 2.55. The second-order valence-corrected chi connectivity index (χ2v) is 7.54. The van der Waals surface area contributed by atoms with Gasteiger partial charge in [-0.15, -0.1) is 0 Å².